The standard InChI is InChI=1S/C8H5ClF2O3S/c1-4(12)5-2-6(10)8(11)7(3-5)15(9,13)14/h2-3H,1H3. The van der Waals surface area contributed by atoms with E-state index in [4.69, 9.17) is 10.7 Å². The van der Waals surface area contributed by atoms with Gasteiger partial charge >= 0.3 is 0 Å². The second-order valence-electron chi connectivity index (χ2n) is 2.76. The van der Waals surface area contributed by atoms with Gasteiger partial charge in [0.25, 0.3) is 9.05 Å². The fourth-order valence-corrected chi connectivity index (χ4v) is 1.86. The summed E-state index contributed by atoms with van der Waals surface area (Å²) in [5.41, 5.74) is -0.256. The number of carbonyl (C=O) groups is 1. The van der Waals surface area contributed by atoms with E-state index in [9.17, 15) is 22.0 Å². The maximum atomic E-state index is 13.0. The molecule has 1 rings (SSSR count). The first kappa shape index (κ1) is 12.1. The maximum Gasteiger partial charge on any atom is 0.264 e. The molecule has 0 aliphatic heterocycles. The average Bonchev–Trinajstić information content (AvgIpc) is 2.06. The molecule has 0 saturated heterocycles. The monoisotopic (exact) mass is 254 g/mol. The molecule has 0 spiro atoms. The molecule has 3 nitrogen and oxygen atoms in total. The van der Waals surface area contributed by atoms with Crippen LogP contribution in [-0.4, -0.2) is 14.2 Å². The summed E-state index contributed by atoms with van der Waals surface area (Å²) < 4.78 is 47.5. The molecule has 0 aliphatic carbocycles. The van der Waals surface area contributed by atoms with Crippen LogP contribution in [0, 0.1) is 11.6 Å². The maximum absolute atomic E-state index is 13.0. The molecule has 82 valence electrons. The number of rotatable bonds is 2. The Morgan fingerprint density at radius 1 is 1.33 bits per heavy atom. The third-order valence-corrected chi connectivity index (χ3v) is 2.99. The van der Waals surface area contributed by atoms with E-state index in [-0.39, 0.29) is 5.56 Å². The van der Waals surface area contributed by atoms with Gasteiger partial charge in [-0.05, 0) is 19.1 Å². The minimum Gasteiger partial charge on any atom is -0.295 e. The molecule has 0 aromatic heterocycles. The Balaban J connectivity index is 3.59. The summed E-state index contributed by atoms with van der Waals surface area (Å²) in [6, 6.07) is 1.31. The molecule has 0 aliphatic rings. The minimum atomic E-state index is -4.41. The lowest BCUT2D eigenvalue weighted by molar-refractivity contribution is 0.101. The van der Waals surface area contributed by atoms with E-state index in [1.165, 1.54) is 0 Å². The van der Waals surface area contributed by atoms with Crippen molar-refractivity contribution in [1.82, 2.24) is 0 Å². The highest BCUT2D eigenvalue weighted by Gasteiger charge is 2.21. The molecule has 0 bridgehead atoms. The normalized spacial score (nSPS) is 11.5. The molecule has 7 heteroatoms. The first-order valence-electron chi connectivity index (χ1n) is 3.68. The second kappa shape index (κ2) is 3.86. The number of carbonyl (C=O) groups excluding carboxylic acids is 1. The van der Waals surface area contributed by atoms with E-state index in [0.717, 1.165) is 6.92 Å². The third-order valence-electron chi connectivity index (χ3n) is 1.66. The van der Waals surface area contributed by atoms with Crippen LogP contribution in [0.1, 0.15) is 17.3 Å². The van der Waals surface area contributed by atoms with Crippen molar-refractivity contribution < 1.29 is 22.0 Å². The van der Waals surface area contributed by atoms with Crippen LogP contribution in [0.5, 0.6) is 0 Å². The van der Waals surface area contributed by atoms with Gasteiger partial charge in [-0.3, -0.25) is 4.79 Å². The molecule has 0 heterocycles. The molecule has 0 fully saturated rings. The van der Waals surface area contributed by atoms with Gasteiger partial charge in [0.05, 0.1) is 0 Å². The lowest BCUT2D eigenvalue weighted by atomic mass is 10.1. The van der Waals surface area contributed by atoms with Crippen LogP contribution in [0.15, 0.2) is 17.0 Å². The highest BCUT2D eigenvalue weighted by Crippen LogP contribution is 2.23. The Labute approximate surface area is 89.1 Å². The molecule has 0 atom stereocenters. The second-order valence-corrected chi connectivity index (χ2v) is 5.30. The van der Waals surface area contributed by atoms with Crippen molar-refractivity contribution in [1.29, 1.82) is 0 Å². The zero-order chi connectivity index (χ0) is 11.8. The van der Waals surface area contributed by atoms with E-state index in [1.54, 1.807) is 0 Å². The third kappa shape index (κ3) is 2.51. The molecule has 0 radical (unpaired) electrons. The zero-order valence-electron chi connectivity index (χ0n) is 7.42. The lowest BCUT2D eigenvalue weighted by Crippen LogP contribution is -2.03. The summed E-state index contributed by atoms with van der Waals surface area (Å²) in [4.78, 5) is 9.83. The molecule has 0 unspecified atom stereocenters. The van der Waals surface area contributed by atoms with Crippen LogP contribution < -0.4 is 0 Å². The molecule has 1 aromatic rings. The lowest BCUT2D eigenvalue weighted by Gasteiger charge is -2.02. The molecular weight excluding hydrogens is 250 g/mol. The number of ketones is 1. The minimum absolute atomic E-state index is 0.256. The van der Waals surface area contributed by atoms with Crippen LogP contribution >= 0.6 is 10.7 Å². The Morgan fingerprint density at radius 3 is 2.27 bits per heavy atom. The van der Waals surface area contributed by atoms with Gasteiger partial charge in [0, 0.05) is 16.2 Å². The summed E-state index contributed by atoms with van der Waals surface area (Å²) in [5.74, 6) is -3.60. The molecule has 1 aromatic carbocycles. The first-order valence-corrected chi connectivity index (χ1v) is 5.99. The number of hydrogen-bond acceptors (Lipinski definition) is 3. The number of halogens is 3. The Bertz CT molecular complexity index is 525. The van der Waals surface area contributed by atoms with E-state index < -0.39 is 31.4 Å². The fraction of sp³-hybridized carbons (Fsp3) is 0.125. The van der Waals surface area contributed by atoms with Crippen molar-refractivity contribution >= 4 is 25.5 Å². The fourth-order valence-electron chi connectivity index (χ4n) is 0.945. The van der Waals surface area contributed by atoms with E-state index in [1.807, 2.05) is 0 Å². The quantitative estimate of drug-likeness (QED) is 0.600. The Morgan fingerprint density at radius 2 is 1.87 bits per heavy atom. The van der Waals surface area contributed by atoms with Crippen molar-refractivity contribution in [3.8, 4) is 0 Å². The Hall–Kier alpha value is -1.01. The van der Waals surface area contributed by atoms with Crippen molar-refractivity contribution in [2.45, 2.75) is 11.8 Å². The molecule has 0 N–H and O–H groups in total. The summed E-state index contributed by atoms with van der Waals surface area (Å²) >= 11 is 0. The van der Waals surface area contributed by atoms with Crippen molar-refractivity contribution in [3.63, 3.8) is 0 Å². The number of hydrogen-bond donors (Lipinski definition) is 0. The first-order chi connectivity index (χ1) is 6.73. The van der Waals surface area contributed by atoms with Crippen molar-refractivity contribution in [3.05, 3.63) is 29.3 Å². The van der Waals surface area contributed by atoms with Gasteiger partial charge in [-0.2, -0.15) is 0 Å². The molecule has 15 heavy (non-hydrogen) atoms. The van der Waals surface area contributed by atoms with Crippen molar-refractivity contribution in [2.24, 2.45) is 0 Å². The van der Waals surface area contributed by atoms with Crippen LogP contribution in [-0.2, 0) is 9.05 Å². The SMILES string of the molecule is CC(=O)c1cc(F)c(F)c(S(=O)(=O)Cl)c1. The summed E-state index contributed by atoms with van der Waals surface area (Å²) in [5, 5.41) is 0. The van der Waals surface area contributed by atoms with Crippen LogP contribution in [0.4, 0.5) is 8.78 Å². The smallest absolute Gasteiger partial charge is 0.264 e. The highest BCUT2D eigenvalue weighted by atomic mass is 35.7. The predicted octanol–water partition coefficient (Wildman–Crippen LogP) is 2.09. The Kier molecular flexibility index (Phi) is 3.11. The van der Waals surface area contributed by atoms with Gasteiger partial charge in [-0.1, -0.05) is 0 Å². The predicted molar refractivity (Wildman–Crippen MR) is 49.4 cm³/mol. The summed E-state index contributed by atoms with van der Waals surface area (Å²) in [7, 11) is 0.460. The highest BCUT2D eigenvalue weighted by molar-refractivity contribution is 8.13. The van der Waals surface area contributed by atoms with Gasteiger partial charge in [-0.15, -0.1) is 0 Å². The number of benzene rings is 1. The van der Waals surface area contributed by atoms with E-state index in [0.29, 0.717) is 12.1 Å². The molecular formula is C8H5ClF2O3S. The topological polar surface area (TPSA) is 51.2 Å². The summed E-state index contributed by atoms with van der Waals surface area (Å²) in [6.07, 6.45) is 0. The largest absolute Gasteiger partial charge is 0.295 e. The molecule has 0 amide bonds. The molecule has 0 saturated carbocycles. The van der Waals surface area contributed by atoms with Crippen LogP contribution in [0.2, 0.25) is 0 Å². The zero-order valence-corrected chi connectivity index (χ0v) is 8.99. The number of Topliss-reactive ketones (excluding diaryl/α,β-unsaturated/α-hetero) is 1. The van der Waals surface area contributed by atoms with Crippen LogP contribution in [0.3, 0.4) is 0 Å². The summed E-state index contributed by atoms with van der Waals surface area (Å²) in [6.45, 7) is 1.09. The van der Waals surface area contributed by atoms with Gasteiger partial charge in [0.1, 0.15) is 4.90 Å². The van der Waals surface area contributed by atoms with E-state index >= 15 is 0 Å². The van der Waals surface area contributed by atoms with E-state index in [2.05, 4.69) is 0 Å². The van der Waals surface area contributed by atoms with Gasteiger partial charge in [-0.25, -0.2) is 17.2 Å². The van der Waals surface area contributed by atoms with Crippen molar-refractivity contribution in [2.75, 3.05) is 0 Å². The van der Waals surface area contributed by atoms with Gasteiger partial charge in [0.15, 0.2) is 17.4 Å². The average molecular weight is 255 g/mol. The van der Waals surface area contributed by atoms with Gasteiger partial charge < -0.3 is 0 Å². The van der Waals surface area contributed by atoms with Crippen LogP contribution in [0.25, 0.3) is 0 Å². The van der Waals surface area contributed by atoms with Gasteiger partial charge in [0.2, 0.25) is 0 Å².